The molecule has 5 nitrogen and oxygen atoms in total. The van der Waals surface area contributed by atoms with Crippen LogP contribution in [0, 0.1) is 0 Å². The highest BCUT2D eigenvalue weighted by Gasteiger charge is 2.36. The Balaban J connectivity index is 1.24. The van der Waals surface area contributed by atoms with E-state index in [1.807, 2.05) is 78.9 Å². The second-order valence-electron chi connectivity index (χ2n) is 8.42. The number of nitrogens with one attached hydrogen (secondary N) is 1. The number of nitrogens with zero attached hydrogens (tertiary/aromatic N) is 1. The van der Waals surface area contributed by atoms with Crippen LogP contribution in [-0.4, -0.2) is 29.1 Å². The number of aliphatic hydroxyl groups is 1. The van der Waals surface area contributed by atoms with Crippen LogP contribution in [0.5, 0.6) is 11.5 Å². The van der Waals surface area contributed by atoms with Gasteiger partial charge in [-0.15, -0.1) is 0 Å². The van der Waals surface area contributed by atoms with Crippen molar-refractivity contribution < 1.29 is 14.6 Å². The maximum atomic E-state index is 12.9. The first kappa shape index (κ1) is 21.0. The summed E-state index contributed by atoms with van der Waals surface area (Å²) < 4.78 is 5.86. The molecule has 0 aliphatic carbocycles. The fourth-order valence-corrected chi connectivity index (χ4v) is 4.44. The van der Waals surface area contributed by atoms with Crippen molar-refractivity contribution in [2.24, 2.45) is 0 Å². The van der Waals surface area contributed by atoms with Gasteiger partial charge in [0.15, 0.2) is 0 Å². The molecule has 1 fully saturated rings. The number of amides is 2. The number of fused-ring (bicyclic) bond motifs is 1. The molecule has 2 amide bonds. The molecule has 2 N–H and O–H groups in total. The van der Waals surface area contributed by atoms with Gasteiger partial charge in [0.2, 0.25) is 0 Å². The van der Waals surface area contributed by atoms with E-state index in [1.54, 1.807) is 11.0 Å². The fourth-order valence-electron chi connectivity index (χ4n) is 4.44. The number of ether oxygens (including phenoxy) is 1. The lowest BCUT2D eigenvalue weighted by Crippen LogP contribution is -2.46. The van der Waals surface area contributed by atoms with Gasteiger partial charge in [-0.05, 0) is 53.4 Å². The van der Waals surface area contributed by atoms with Crippen LogP contribution in [0.2, 0.25) is 0 Å². The summed E-state index contributed by atoms with van der Waals surface area (Å²) in [5.41, 5.74) is 0.663. The van der Waals surface area contributed by atoms with Crippen LogP contribution in [0.15, 0.2) is 97.1 Å². The molecule has 1 aliphatic rings. The van der Waals surface area contributed by atoms with E-state index in [0.717, 1.165) is 22.1 Å². The second kappa shape index (κ2) is 8.96. The molecule has 166 valence electrons. The van der Waals surface area contributed by atoms with E-state index in [9.17, 15) is 9.90 Å². The minimum absolute atomic E-state index is 0.174. The Morgan fingerprint density at radius 2 is 1.48 bits per heavy atom. The van der Waals surface area contributed by atoms with Crippen molar-refractivity contribution in [3.8, 4) is 11.5 Å². The summed E-state index contributed by atoms with van der Waals surface area (Å²) in [6.45, 7) is 0.956. The summed E-state index contributed by atoms with van der Waals surface area (Å²) in [5, 5.41) is 16.6. The minimum Gasteiger partial charge on any atom is -0.457 e. The molecule has 0 spiro atoms. The average Bonchev–Trinajstić information content (AvgIpc) is 2.85. The largest absolute Gasteiger partial charge is 0.457 e. The lowest BCUT2D eigenvalue weighted by molar-refractivity contribution is -0.0144. The minimum atomic E-state index is -0.943. The van der Waals surface area contributed by atoms with Gasteiger partial charge in [-0.25, -0.2) is 4.79 Å². The normalized spacial score (nSPS) is 15.2. The van der Waals surface area contributed by atoms with E-state index in [-0.39, 0.29) is 6.03 Å². The van der Waals surface area contributed by atoms with Crippen molar-refractivity contribution in [2.75, 3.05) is 18.4 Å². The van der Waals surface area contributed by atoms with Crippen molar-refractivity contribution in [3.63, 3.8) is 0 Å². The van der Waals surface area contributed by atoms with Crippen LogP contribution in [-0.2, 0) is 5.60 Å². The number of carbonyl (C=O) groups is 1. The van der Waals surface area contributed by atoms with Crippen LogP contribution in [0.1, 0.15) is 18.4 Å². The summed E-state index contributed by atoms with van der Waals surface area (Å²) in [6, 6.07) is 30.8. The van der Waals surface area contributed by atoms with E-state index in [1.165, 1.54) is 0 Å². The van der Waals surface area contributed by atoms with Crippen LogP contribution < -0.4 is 10.1 Å². The highest BCUT2D eigenvalue weighted by atomic mass is 16.5. The van der Waals surface area contributed by atoms with Crippen LogP contribution in [0.25, 0.3) is 10.8 Å². The number of para-hydroxylation sites is 1. The number of rotatable bonds is 4. The molecule has 0 aromatic heterocycles. The maximum absolute atomic E-state index is 12.9. The molecule has 5 heteroatoms. The molecule has 4 aromatic rings. The summed E-state index contributed by atoms with van der Waals surface area (Å²) in [5.74, 6) is 1.40. The Kier molecular flexibility index (Phi) is 5.71. The molecule has 1 heterocycles. The van der Waals surface area contributed by atoms with Crippen molar-refractivity contribution in [1.29, 1.82) is 0 Å². The van der Waals surface area contributed by atoms with Gasteiger partial charge < -0.3 is 20.1 Å². The van der Waals surface area contributed by atoms with E-state index >= 15 is 0 Å². The summed E-state index contributed by atoms with van der Waals surface area (Å²) in [7, 11) is 0. The van der Waals surface area contributed by atoms with E-state index in [2.05, 4.69) is 17.4 Å². The van der Waals surface area contributed by atoms with Crippen molar-refractivity contribution in [3.05, 3.63) is 103 Å². The molecule has 0 bridgehead atoms. The topological polar surface area (TPSA) is 61.8 Å². The van der Waals surface area contributed by atoms with Crippen molar-refractivity contribution >= 4 is 22.5 Å². The first-order valence-corrected chi connectivity index (χ1v) is 11.2. The van der Waals surface area contributed by atoms with Gasteiger partial charge in [0.1, 0.15) is 11.5 Å². The quantitative estimate of drug-likeness (QED) is 0.402. The summed E-state index contributed by atoms with van der Waals surface area (Å²) in [6.07, 6.45) is 0.983. The van der Waals surface area contributed by atoms with E-state index in [4.69, 9.17) is 4.74 Å². The van der Waals surface area contributed by atoms with Gasteiger partial charge in [0, 0.05) is 24.8 Å². The SMILES string of the molecule is O=C(Nc1cccc(Oc2ccccc2)c1)N1CCC(O)(c2cccc3ccccc23)CC1. The Hall–Kier alpha value is -3.83. The summed E-state index contributed by atoms with van der Waals surface area (Å²) >= 11 is 0. The van der Waals surface area contributed by atoms with E-state index in [0.29, 0.717) is 37.4 Å². The molecular formula is C28H26N2O3. The van der Waals surface area contributed by atoms with Gasteiger partial charge in [-0.2, -0.15) is 0 Å². The first-order chi connectivity index (χ1) is 16.1. The Morgan fingerprint density at radius 1 is 0.818 bits per heavy atom. The van der Waals surface area contributed by atoms with Gasteiger partial charge in [-0.3, -0.25) is 0 Å². The number of carbonyl (C=O) groups excluding carboxylic acids is 1. The lowest BCUT2D eigenvalue weighted by Gasteiger charge is -2.39. The van der Waals surface area contributed by atoms with Crippen molar-refractivity contribution in [1.82, 2.24) is 4.90 Å². The number of urea groups is 1. The van der Waals surface area contributed by atoms with Gasteiger partial charge in [-0.1, -0.05) is 66.7 Å². The third-order valence-corrected chi connectivity index (χ3v) is 6.23. The second-order valence-corrected chi connectivity index (χ2v) is 8.42. The molecule has 1 aliphatic heterocycles. The van der Waals surface area contributed by atoms with Crippen LogP contribution in [0.4, 0.5) is 10.5 Å². The Bertz CT molecular complexity index is 1260. The predicted octanol–water partition coefficient (Wildman–Crippen LogP) is 6.15. The number of hydrogen-bond donors (Lipinski definition) is 2. The fraction of sp³-hybridized carbons (Fsp3) is 0.179. The zero-order chi connectivity index (χ0) is 22.7. The van der Waals surface area contributed by atoms with Crippen LogP contribution in [0.3, 0.4) is 0 Å². The average molecular weight is 439 g/mol. The number of piperidine rings is 1. The highest BCUT2D eigenvalue weighted by molar-refractivity contribution is 5.90. The summed E-state index contributed by atoms with van der Waals surface area (Å²) in [4.78, 5) is 14.6. The Labute approximate surface area is 193 Å². The standard InChI is InChI=1S/C28H26N2O3/c31-27(29-22-10-7-13-24(20-22)33-23-11-2-1-3-12-23)30-18-16-28(32,17-19-30)26-15-6-9-21-8-4-5-14-25(21)26/h1-15,20,32H,16-19H2,(H,29,31). The molecule has 5 rings (SSSR count). The highest BCUT2D eigenvalue weighted by Crippen LogP contribution is 2.37. The number of benzene rings is 4. The van der Waals surface area contributed by atoms with Gasteiger partial charge in [0.05, 0.1) is 5.60 Å². The molecule has 4 aromatic carbocycles. The van der Waals surface area contributed by atoms with Gasteiger partial charge >= 0.3 is 6.03 Å². The molecule has 0 unspecified atom stereocenters. The Morgan fingerprint density at radius 3 is 2.30 bits per heavy atom. The number of anilines is 1. The molecular weight excluding hydrogens is 412 g/mol. The third-order valence-electron chi connectivity index (χ3n) is 6.23. The van der Waals surface area contributed by atoms with Gasteiger partial charge in [0.25, 0.3) is 0 Å². The van der Waals surface area contributed by atoms with Crippen molar-refractivity contribution in [2.45, 2.75) is 18.4 Å². The molecule has 0 radical (unpaired) electrons. The number of hydrogen-bond acceptors (Lipinski definition) is 3. The zero-order valence-electron chi connectivity index (χ0n) is 18.3. The predicted molar refractivity (Wildman–Crippen MR) is 131 cm³/mol. The third kappa shape index (κ3) is 4.54. The molecule has 0 saturated carbocycles. The zero-order valence-corrected chi connectivity index (χ0v) is 18.3. The number of likely N-dealkylation sites (tertiary alicyclic amines) is 1. The lowest BCUT2D eigenvalue weighted by atomic mass is 9.82. The molecule has 33 heavy (non-hydrogen) atoms. The molecule has 1 saturated heterocycles. The first-order valence-electron chi connectivity index (χ1n) is 11.2. The van der Waals surface area contributed by atoms with Crippen LogP contribution >= 0.6 is 0 Å². The smallest absolute Gasteiger partial charge is 0.321 e. The molecule has 0 atom stereocenters. The maximum Gasteiger partial charge on any atom is 0.321 e. The monoisotopic (exact) mass is 438 g/mol. The van der Waals surface area contributed by atoms with E-state index < -0.39 is 5.60 Å².